The fourth-order valence-corrected chi connectivity index (χ4v) is 2.12. The Morgan fingerprint density at radius 2 is 1.27 bits per heavy atom. The van der Waals surface area contributed by atoms with Crippen LogP contribution in [0.25, 0.3) is 0 Å². The molecule has 2 N–H and O–H groups in total. The van der Waals surface area contributed by atoms with Crippen LogP contribution in [0.15, 0.2) is 71.5 Å². The summed E-state index contributed by atoms with van der Waals surface area (Å²) in [5.41, 5.74) is 1.57. The maximum atomic E-state index is 8.53. The number of pyridine rings is 2. The Morgan fingerprint density at radius 3 is 1.69 bits per heavy atom. The normalized spacial score (nSPS) is 11.8. The topological polar surface area (TPSA) is 91.4 Å². The van der Waals surface area contributed by atoms with Gasteiger partial charge >= 0.3 is 0 Å². The second-order valence-corrected chi connectivity index (χ2v) is 5.26. The second kappa shape index (κ2) is 11.5. The molecular formula is C18H22N4O4+2. The van der Waals surface area contributed by atoms with E-state index in [9.17, 15) is 0 Å². The average Bonchev–Trinajstić information content (AvgIpc) is 2.65. The molecular weight excluding hydrogens is 336 g/mol. The molecule has 0 spiro atoms. The van der Waals surface area contributed by atoms with Crippen molar-refractivity contribution in [2.45, 2.75) is 13.5 Å². The summed E-state index contributed by atoms with van der Waals surface area (Å²) in [6, 6.07) is 7.36. The maximum absolute atomic E-state index is 8.53. The third-order valence-corrected chi connectivity index (χ3v) is 3.25. The summed E-state index contributed by atoms with van der Waals surface area (Å²) in [6.07, 6.45) is 13.9. The van der Waals surface area contributed by atoms with Crippen LogP contribution in [0.3, 0.4) is 0 Å². The highest BCUT2D eigenvalue weighted by atomic mass is 16.5. The monoisotopic (exact) mass is 358 g/mol. The molecule has 0 amide bonds. The summed E-state index contributed by atoms with van der Waals surface area (Å²) in [7, 11) is 0. The van der Waals surface area contributed by atoms with E-state index in [1.54, 1.807) is 0 Å². The summed E-state index contributed by atoms with van der Waals surface area (Å²) in [6.45, 7) is 1.72. The van der Waals surface area contributed by atoms with Gasteiger partial charge in [-0.25, -0.2) is 0 Å². The van der Waals surface area contributed by atoms with Crippen LogP contribution < -0.4 is 9.13 Å². The number of hydrogen-bond donors (Lipinski definition) is 2. The molecule has 0 aliphatic heterocycles. The van der Waals surface area contributed by atoms with E-state index >= 15 is 0 Å². The smallest absolute Gasteiger partial charge is 0.252 e. The molecule has 0 aromatic carbocycles. The molecule has 8 heteroatoms. The van der Waals surface area contributed by atoms with Gasteiger partial charge in [-0.05, 0) is 12.1 Å². The molecule has 136 valence electrons. The standard InChI is InChI=1S/C18H20N4O4/c23-19-11-17-5-3-7-21(13-17)15-25-9-1-2-10-26-16-22-8-4-6-18(14-22)12-20-24/h1-8,11-14H,9-10,15-16H2/p+2/b2-1-,19-11+,20-12+. The summed E-state index contributed by atoms with van der Waals surface area (Å²) in [5, 5.41) is 23.1. The lowest BCUT2D eigenvalue weighted by Crippen LogP contribution is -2.35. The molecule has 26 heavy (non-hydrogen) atoms. The van der Waals surface area contributed by atoms with Crippen molar-refractivity contribution in [1.29, 1.82) is 0 Å². The largest absolute Gasteiger partial charge is 0.411 e. The van der Waals surface area contributed by atoms with Gasteiger partial charge in [-0.2, -0.15) is 9.13 Å². The van der Waals surface area contributed by atoms with Gasteiger partial charge in [0.1, 0.15) is 0 Å². The van der Waals surface area contributed by atoms with Crippen LogP contribution in [-0.2, 0) is 22.9 Å². The summed E-state index contributed by atoms with van der Waals surface area (Å²) < 4.78 is 14.8. The molecule has 0 radical (unpaired) electrons. The third kappa shape index (κ3) is 7.20. The van der Waals surface area contributed by atoms with E-state index in [-0.39, 0.29) is 0 Å². The minimum Gasteiger partial charge on any atom is -0.411 e. The lowest BCUT2D eigenvalue weighted by molar-refractivity contribution is -0.732. The molecule has 0 fully saturated rings. The molecule has 2 rings (SSSR count). The van der Waals surface area contributed by atoms with Crippen molar-refractivity contribution in [2.75, 3.05) is 13.2 Å². The van der Waals surface area contributed by atoms with Gasteiger partial charge in [-0.1, -0.05) is 22.5 Å². The number of hydrogen-bond acceptors (Lipinski definition) is 6. The predicted molar refractivity (Wildman–Crippen MR) is 93.1 cm³/mol. The van der Waals surface area contributed by atoms with Gasteiger partial charge in [0.25, 0.3) is 13.5 Å². The fourth-order valence-electron chi connectivity index (χ4n) is 2.12. The summed E-state index contributed by atoms with van der Waals surface area (Å²) >= 11 is 0. The third-order valence-electron chi connectivity index (χ3n) is 3.25. The van der Waals surface area contributed by atoms with Gasteiger partial charge in [0.15, 0.2) is 24.8 Å². The van der Waals surface area contributed by atoms with Gasteiger partial charge in [0, 0.05) is 12.1 Å². The average molecular weight is 358 g/mol. The van der Waals surface area contributed by atoms with Gasteiger partial charge in [0.05, 0.1) is 36.8 Å². The quantitative estimate of drug-likeness (QED) is 0.166. The Bertz CT molecular complexity index is 699. The predicted octanol–water partition coefficient (Wildman–Crippen LogP) is 1.08. The van der Waals surface area contributed by atoms with Crippen LogP contribution >= 0.6 is 0 Å². The Hall–Kier alpha value is -3.10. The first kappa shape index (κ1) is 19.2. The lowest BCUT2D eigenvalue weighted by Gasteiger charge is -1.99. The number of nitrogens with zero attached hydrogens (tertiary/aromatic N) is 4. The lowest BCUT2D eigenvalue weighted by atomic mass is 10.3. The van der Waals surface area contributed by atoms with Crippen LogP contribution in [0.4, 0.5) is 0 Å². The Morgan fingerprint density at radius 1 is 0.808 bits per heavy atom. The van der Waals surface area contributed by atoms with E-state index in [1.807, 2.05) is 70.3 Å². The molecule has 0 atom stereocenters. The highest BCUT2D eigenvalue weighted by Gasteiger charge is 2.01. The number of aromatic nitrogens is 2. The Balaban J connectivity index is 1.62. The molecule has 0 unspecified atom stereocenters. The number of oxime groups is 2. The molecule has 8 nitrogen and oxygen atoms in total. The highest BCUT2D eigenvalue weighted by molar-refractivity contribution is 5.78. The van der Waals surface area contributed by atoms with Crippen molar-refractivity contribution in [3.05, 3.63) is 72.3 Å². The van der Waals surface area contributed by atoms with E-state index in [1.165, 1.54) is 12.4 Å². The minimum absolute atomic E-state index is 0.396. The number of rotatable bonds is 10. The van der Waals surface area contributed by atoms with Crippen molar-refractivity contribution in [2.24, 2.45) is 10.3 Å². The van der Waals surface area contributed by atoms with Crippen LogP contribution in [0.2, 0.25) is 0 Å². The van der Waals surface area contributed by atoms with Crippen molar-refractivity contribution in [1.82, 2.24) is 0 Å². The van der Waals surface area contributed by atoms with Crippen molar-refractivity contribution in [3.63, 3.8) is 0 Å². The zero-order valence-corrected chi connectivity index (χ0v) is 14.3. The van der Waals surface area contributed by atoms with Gasteiger partial charge in [0.2, 0.25) is 0 Å². The molecule has 0 saturated carbocycles. The van der Waals surface area contributed by atoms with Crippen LogP contribution in [0.1, 0.15) is 11.1 Å². The Labute approximate surface area is 151 Å². The zero-order valence-electron chi connectivity index (χ0n) is 14.3. The molecule has 2 aromatic heterocycles. The van der Waals surface area contributed by atoms with Gasteiger partial charge < -0.3 is 19.9 Å². The fraction of sp³-hybridized carbons (Fsp3) is 0.222. The zero-order chi connectivity index (χ0) is 18.5. The van der Waals surface area contributed by atoms with E-state index in [0.29, 0.717) is 26.7 Å². The molecule has 2 heterocycles. The first-order valence-corrected chi connectivity index (χ1v) is 7.95. The van der Waals surface area contributed by atoms with E-state index in [0.717, 1.165) is 11.1 Å². The summed E-state index contributed by atoms with van der Waals surface area (Å²) in [4.78, 5) is 0. The SMILES string of the molecule is O/N=C/c1ccc[n+](COC/C=C\COC[n+]2cccc(/C=N/O)c2)c1. The molecule has 0 aliphatic rings. The van der Waals surface area contributed by atoms with E-state index < -0.39 is 0 Å². The molecule has 0 bridgehead atoms. The van der Waals surface area contributed by atoms with Crippen molar-refractivity contribution < 1.29 is 29.0 Å². The first-order chi connectivity index (χ1) is 12.8. The highest BCUT2D eigenvalue weighted by Crippen LogP contribution is 1.91. The van der Waals surface area contributed by atoms with Crippen molar-refractivity contribution >= 4 is 12.4 Å². The van der Waals surface area contributed by atoms with Gasteiger partial charge in [-0.15, -0.1) is 0 Å². The van der Waals surface area contributed by atoms with E-state index in [2.05, 4.69) is 10.3 Å². The molecule has 0 saturated heterocycles. The maximum Gasteiger partial charge on any atom is 0.252 e. The van der Waals surface area contributed by atoms with Crippen LogP contribution in [0.5, 0.6) is 0 Å². The minimum atomic E-state index is 0.396. The van der Waals surface area contributed by atoms with Crippen molar-refractivity contribution in [3.8, 4) is 0 Å². The number of ether oxygens (including phenoxy) is 2. The summed E-state index contributed by atoms with van der Waals surface area (Å²) in [5.74, 6) is 0. The van der Waals surface area contributed by atoms with Crippen LogP contribution in [0, 0.1) is 0 Å². The van der Waals surface area contributed by atoms with E-state index in [4.69, 9.17) is 19.9 Å². The molecule has 0 aliphatic carbocycles. The van der Waals surface area contributed by atoms with Crippen LogP contribution in [-0.4, -0.2) is 36.1 Å². The second-order valence-electron chi connectivity index (χ2n) is 5.26. The Kier molecular flexibility index (Phi) is 8.47. The first-order valence-electron chi connectivity index (χ1n) is 7.95. The molecule has 2 aromatic rings. The van der Waals surface area contributed by atoms with Gasteiger partial charge in [-0.3, -0.25) is 0 Å².